The molecule has 11 nitrogen and oxygen atoms in total. The second-order valence-electron chi connectivity index (χ2n) is 16.2. The van der Waals surface area contributed by atoms with Crippen LogP contribution in [0, 0.1) is 17.8 Å². The molecule has 328 valence electrons. The van der Waals surface area contributed by atoms with E-state index in [2.05, 4.69) is 48.1 Å². The number of rotatable bonds is 21. The summed E-state index contributed by atoms with van der Waals surface area (Å²) in [5, 5.41) is 24.4. The Labute approximate surface area is 365 Å². The number of benzene rings is 4. The highest BCUT2D eigenvalue weighted by molar-refractivity contribution is 6.02. The molecule has 1 amide bonds. The summed E-state index contributed by atoms with van der Waals surface area (Å²) in [7, 11) is 3.24. The number of carbonyl (C=O) groups excluding carboxylic acids is 1. The number of fused-ring (bicyclic) bond motifs is 2. The number of carbonyl (C=O) groups is 1. The van der Waals surface area contributed by atoms with E-state index in [1.165, 1.54) is 7.11 Å². The van der Waals surface area contributed by atoms with E-state index in [1.807, 2.05) is 72.8 Å². The molecule has 6 atom stereocenters. The van der Waals surface area contributed by atoms with Crippen LogP contribution in [0.4, 0.5) is 4.79 Å². The molecule has 1 fully saturated rings. The lowest BCUT2D eigenvalue weighted by Gasteiger charge is -2.59. The molecule has 7 rings (SSSR count). The second-order valence-corrected chi connectivity index (χ2v) is 16.2. The minimum absolute atomic E-state index is 0.0589. The third-order valence-electron chi connectivity index (χ3n) is 12.4. The molecule has 4 aromatic rings. The van der Waals surface area contributed by atoms with E-state index in [1.54, 1.807) is 18.0 Å². The predicted molar refractivity (Wildman–Crippen MR) is 239 cm³/mol. The highest BCUT2D eigenvalue weighted by Crippen LogP contribution is 2.62. The first kappa shape index (κ1) is 44.6. The summed E-state index contributed by atoms with van der Waals surface area (Å²) in [5.74, 6) is 0.160. The number of unbranched alkanes of at least 4 members (excludes halogenated alkanes) is 2. The van der Waals surface area contributed by atoms with Gasteiger partial charge in [-0.1, -0.05) is 103 Å². The Hall–Kier alpha value is -5.46. The summed E-state index contributed by atoms with van der Waals surface area (Å²) in [4.78, 5) is 21.1. The van der Waals surface area contributed by atoms with Crippen LogP contribution < -0.4 is 9.47 Å². The van der Waals surface area contributed by atoms with E-state index in [0.29, 0.717) is 42.4 Å². The molecule has 0 bridgehead atoms. The number of aliphatic hydroxyl groups is 2. The standard InChI is InChI=1S/C51H60N2O9/c1-4-29-60-51-47(53(2)50(56)59-31-30-58-35-36-15-7-5-8-16-36)34-45(52-57-3)43-32-39(19-11-13-27-54)42(20-12-14-28-55)48(49(43)51)44-33-41(25-26-46(44)62-51)61-40-23-21-38(22-24-40)37-17-9-6-10-18-37/h4-10,15-18,21-26,32-33,39,42,47-49,54-55H,1,11-14,19-20,27-31,34-35H2,2-3H3. The van der Waals surface area contributed by atoms with Crippen molar-refractivity contribution in [2.24, 2.45) is 22.9 Å². The van der Waals surface area contributed by atoms with Gasteiger partial charge in [0.25, 0.3) is 0 Å². The van der Waals surface area contributed by atoms with Gasteiger partial charge >= 0.3 is 6.09 Å². The molecule has 0 saturated heterocycles. The van der Waals surface area contributed by atoms with Gasteiger partial charge < -0.3 is 43.6 Å². The molecule has 62 heavy (non-hydrogen) atoms. The van der Waals surface area contributed by atoms with Crippen LogP contribution in [-0.4, -0.2) is 85.9 Å². The number of hydrogen-bond donors (Lipinski definition) is 2. The fourth-order valence-electron chi connectivity index (χ4n) is 9.56. The highest BCUT2D eigenvalue weighted by atomic mass is 16.7. The first-order chi connectivity index (χ1) is 30.4. The molecule has 0 spiro atoms. The van der Waals surface area contributed by atoms with E-state index in [-0.39, 0.29) is 57.2 Å². The Morgan fingerprint density at radius 1 is 0.887 bits per heavy atom. The molecule has 3 aliphatic rings. The highest BCUT2D eigenvalue weighted by Gasteiger charge is 2.65. The SMILES string of the molecule is C=CCOC12Oc3ccc(Oc4ccc(-c5ccccc5)cc4)cc3C3C(CCCCO)C(CCCCO)C=C(C(=NOC)CC1N(C)C(=O)OCCOCc1ccccc1)C32. The molecular weight excluding hydrogens is 785 g/mol. The Morgan fingerprint density at radius 2 is 1.58 bits per heavy atom. The molecule has 1 aliphatic heterocycles. The van der Waals surface area contributed by atoms with Gasteiger partial charge in [-0.3, -0.25) is 0 Å². The maximum absolute atomic E-state index is 14.1. The van der Waals surface area contributed by atoms with Crippen LogP contribution in [0.3, 0.4) is 0 Å². The van der Waals surface area contributed by atoms with Gasteiger partial charge in [-0.15, -0.1) is 6.58 Å². The van der Waals surface area contributed by atoms with Crippen molar-refractivity contribution in [3.8, 4) is 28.4 Å². The van der Waals surface area contributed by atoms with E-state index < -0.39 is 23.8 Å². The van der Waals surface area contributed by atoms with Crippen LogP contribution in [-0.2, 0) is 25.7 Å². The van der Waals surface area contributed by atoms with Gasteiger partial charge in [-0.25, -0.2) is 4.79 Å². The van der Waals surface area contributed by atoms with Gasteiger partial charge in [0.2, 0.25) is 5.79 Å². The number of aliphatic hydroxyl groups excluding tert-OH is 2. The molecule has 0 aromatic heterocycles. The third-order valence-corrected chi connectivity index (χ3v) is 12.4. The van der Waals surface area contributed by atoms with Crippen molar-refractivity contribution in [1.82, 2.24) is 4.90 Å². The largest absolute Gasteiger partial charge is 0.459 e. The first-order valence-corrected chi connectivity index (χ1v) is 21.9. The predicted octanol–water partition coefficient (Wildman–Crippen LogP) is 9.69. The van der Waals surface area contributed by atoms with Crippen LogP contribution in [0.15, 0.2) is 133 Å². The number of amides is 1. The Morgan fingerprint density at radius 3 is 2.29 bits per heavy atom. The molecule has 2 aliphatic carbocycles. The molecule has 1 heterocycles. The minimum atomic E-state index is -1.39. The van der Waals surface area contributed by atoms with Gasteiger partial charge in [0.15, 0.2) is 0 Å². The fourth-order valence-corrected chi connectivity index (χ4v) is 9.56. The number of likely N-dealkylation sites (N-methyl/N-ethyl adjacent to an activating group) is 1. The van der Waals surface area contributed by atoms with E-state index >= 15 is 0 Å². The molecule has 1 saturated carbocycles. The van der Waals surface area contributed by atoms with Crippen LogP contribution in [0.2, 0.25) is 0 Å². The minimum Gasteiger partial charge on any atom is -0.459 e. The van der Waals surface area contributed by atoms with Crippen LogP contribution in [0.1, 0.15) is 62.0 Å². The number of ether oxygens (including phenoxy) is 5. The Kier molecular flexibility index (Phi) is 15.5. The lowest BCUT2D eigenvalue weighted by atomic mass is 9.55. The average Bonchev–Trinajstić information content (AvgIpc) is 3.30. The summed E-state index contributed by atoms with van der Waals surface area (Å²) in [5.41, 5.74) is 5.88. The van der Waals surface area contributed by atoms with Gasteiger partial charge in [0, 0.05) is 38.2 Å². The molecular formula is C51H60N2O9. The first-order valence-electron chi connectivity index (χ1n) is 21.9. The smallest absolute Gasteiger partial charge is 0.410 e. The van der Waals surface area contributed by atoms with Crippen LogP contribution in [0.5, 0.6) is 17.2 Å². The average molecular weight is 845 g/mol. The van der Waals surface area contributed by atoms with Gasteiger partial charge in [-0.2, -0.15) is 0 Å². The third kappa shape index (κ3) is 10.1. The quantitative estimate of drug-likeness (QED) is 0.0479. The molecule has 11 heteroatoms. The number of hydrogen-bond acceptors (Lipinski definition) is 10. The van der Waals surface area contributed by atoms with Crippen molar-refractivity contribution in [3.63, 3.8) is 0 Å². The number of oxime groups is 1. The van der Waals surface area contributed by atoms with Crippen molar-refractivity contribution in [2.45, 2.75) is 69.3 Å². The summed E-state index contributed by atoms with van der Waals surface area (Å²) in [6.45, 7) is 5.07. The lowest BCUT2D eigenvalue weighted by molar-refractivity contribution is -0.253. The maximum atomic E-state index is 14.1. The normalized spacial score (nSPS) is 23.0. The summed E-state index contributed by atoms with van der Waals surface area (Å²) >= 11 is 0. The summed E-state index contributed by atoms with van der Waals surface area (Å²) in [6, 6.07) is 33.4. The fraction of sp³-hybridized carbons (Fsp3) is 0.412. The zero-order valence-corrected chi connectivity index (χ0v) is 35.9. The van der Waals surface area contributed by atoms with Crippen molar-refractivity contribution >= 4 is 11.8 Å². The summed E-state index contributed by atoms with van der Waals surface area (Å²) in [6.07, 6.45) is 8.41. The zero-order valence-electron chi connectivity index (χ0n) is 35.9. The van der Waals surface area contributed by atoms with Crippen molar-refractivity contribution in [2.75, 3.05) is 47.2 Å². The summed E-state index contributed by atoms with van der Waals surface area (Å²) < 4.78 is 32.4. The van der Waals surface area contributed by atoms with E-state index in [4.69, 9.17) is 28.5 Å². The van der Waals surface area contributed by atoms with E-state index in [9.17, 15) is 15.0 Å². The Balaban J connectivity index is 1.27. The topological polar surface area (TPSA) is 129 Å². The molecule has 0 radical (unpaired) electrons. The zero-order chi connectivity index (χ0) is 43.3. The molecule has 4 aromatic carbocycles. The van der Waals surface area contributed by atoms with Gasteiger partial charge in [0.1, 0.15) is 37.0 Å². The van der Waals surface area contributed by atoms with E-state index in [0.717, 1.165) is 53.5 Å². The number of allylic oxidation sites excluding steroid dienone is 1. The number of nitrogens with zero attached hydrogens (tertiary/aromatic N) is 2. The van der Waals surface area contributed by atoms with Crippen molar-refractivity contribution in [1.29, 1.82) is 0 Å². The molecule has 2 N–H and O–H groups in total. The maximum Gasteiger partial charge on any atom is 0.410 e. The lowest BCUT2D eigenvalue weighted by Crippen LogP contribution is -2.69. The van der Waals surface area contributed by atoms with Crippen molar-refractivity contribution < 1.29 is 43.5 Å². The molecule has 6 unspecified atom stereocenters. The van der Waals surface area contributed by atoms with Gasteiger partial charge in [-0.05, 0) is 90.1 Å². The van der Waals surface area contributed by atoms with Crippen LogP contribution in [0.25, 0.3) is 11.1 Å². The van der Waals surface area contributed by atoms with Crippen molar-refractivity contribution in [3.05, 3.63) is 139 Å². The monoisotopic (exact) mass is 844 g/mol. The van der Waals surface area contributed by atoms with Crippen LogP contribution >= 0.6 is 0 Å². The van der Waals surface area contributed by atoms with Gasteiger partial charge in [0.05, 0.1) is 31.5 Å². The second kappa shape index (κ2) is 21.6. The Bertz CT molecular complexity index is 2130.